The fraction of sp³-hybridized carbons (Fsp3) is 0.750. The Morgan fingerprint density at radius 3 is 2.33 bits per heavy atom. The van der Waals surface area contributed by atoms with Crippen LogP contribution in [0, 0.1) is 5.41 Å². The lowest BCUT2D eigenvalue weighted by atomic mass is 10.4. The first kappa shape index (κ1) is 11.3. The molecule has 0 saturated carbocycles. The first-order chi connectivity index (χ1) is 3.66. The first-order valence-electron chi connectivity index (χ1n) is 2.53. The van der Waals surface area contributed by atoms with Crippen molar-refractivity contribution in [2.45, 2.75) is 19.5 Å². The summed E-state index contributed by atoms with van der Waals surface area (Å²) in [4.78, 5) is 0. The highest BCUT2D eigenvalue weighted by Gasteiger charge is 1.94. The molecule has 9 heavy (non-hydrogen) atoms. The number of rotatable bonds is 2. The molecule has 0 fully saturated rings. The zero-order chi connectivity index (χ0) is 6.57. The summed E-state index contributed by atoms with van der Waals surface area (Å²) >= 11 is 0. The summed E-state index contributed by atoms with van der Waals surface area (Å²) in [5.74, 6) is -0.0700. The van der Waals surface area contributed by atoms with Crippen LogP contribution in [-0.4, -0.2) is 12.1 Å². The molecular weight excluding hydrogens is 140 g/mol. The van der Waals surface area contributed by atoms with E-state index in [4.69, 9.17) is 16.9 Å². The minimum absolute atomic E-state index is 0. The largest absolute Gasteiger partial charge is 0.370 e. The van der Waals surface area contributed by atoms with Gasteiger partial charge in [-0.1, -0.05) is 6.92 Å². The van der Waals surface area contributed by atoms with Crippen LogP contribution in [0.4, 0.5) is 0 Å². The van der Waals surface area contributed by atoms with Gasteiger partial charge in [0.25, 0.3) is 0 Å². The zero-order valence-electron chi connectivity index (χ0n) is 5.35. The van der Waals surface area contributed by atoms with Gasteiger partial charge in [0, 0.05) is 0 Å². The molecule has 4 nitrogen and oxygen atoms in total. The van der Waals surface area contributed by atoms with Gasteiger partial charge >= 0.3 is 0 Å². The van der Waals surface area contributed by atoms with Crippen LogP contribution >= 0.6 is 12.4 Å². The van der Waals surface area contributed by atoms with E-state index in [1.165, 1.54) is 0 Å². The summed E-state index contributed by atoms with van der Waals surface area (Å²) in [5, 5.41) is 9.25. The van der Waals surface area contributed by atoms with Gasteiger partial charge < -0.3 is 16.8 Å². The van der Waals surface area contributed by atoms with Crippen molar-refractivity contribution >= 4 is 18.4 Å². The molecule has 1 unspecified atom stereocenters. The molecule has 0 aliphatic rings. The van der Waals surface area contributed by atoms with E-state index in [1.807, 2.05) is 6.92 Å². The SMILES string of the molecule is CCC(N)NC(=N)N.Cl. The number of hydrogen-bond acceptors (Lipinski definition) is 2. The van der Waals surface area contributed by atoms with Crippen LogP contribution in [0.15, 0.2) is 0 Å². The van der Waals surface area contributed by atoms with E-state index in [0.29, 0.717) is 0 Å². The lowest BCUT2D eigenvalue weighted by Crippen LogP contribution is -2.44. The summed E-state index contributed by atoms with van der Waals surface area (Å²) in [6.45, 7) is 1.92. The minimum Gasteiger partial charge on any atom is -0.370 e. The van der Waals surface area contributed by atoms with Crippen LogP contribution in [0.2, 0.25) is 0 Å². The van der Waals surface area contributed by atoms with E-state index in [1.54, 1.807) is 0 Å². The summed E-state index contributed by atoms with van der Waals surface area (Å²) in [6, 6.07) is 0. The number of halogens is 1. The van der Waals surface area contributed by atoms with Gasteiger partial charge in [-0.05, 0) is 6.42 Å². The van der Waals surface area contributed by atoms with Crippen molar-refractivity contribution in [1.82, 2.24) is 5.32 Å². The monoisotopic (exact) mass is 152 g/mol. The fourth-order valence-corrected chi connectivity index (χ4v) is 0.302. The molecule has 0 rings (SSSR count). The Morgan fingerprint density at radius 2 is 2.22 bits per heavy atom. The Kier molecular flexibility index (Phi) is 7.12. The van der Waals surface area contributed by atoms with Gasteiger partial charge in [0.1, 0.15) is 0 Å². The third kappa shape index (κ3) is 7.52. The van der Waals surface area contributed by atoms with Gasteiger partial charge in [-0.15, -0.1) is 12.4 Å². The van der Waals surface area contributed by atoms with Gasteiger partial charge in [0.15, 0.2) is 5.96 Å². The van der Waals surface area contributed by atoms with E-state index >= 15 is 0 Å². The Hall–Kier alpha value is -0.480. The van der Waals surface area contributed by atoms with Gasteiger partial charge in [0.2, 0.25) is 0 Å². The van der Waals surface area contributed by atoms with Crippen LogP contribution in [0.1, 0.15) is 13.3 Å². The lowest BCUT2D eigenvalue weighted by Gasteiger charge is -2.09. The molecule has 0 aliphatic carbocycles. The van der Waals surface area contributed by atoms with Gasteiger partial charge in [-0.2, -0.15) is 0 Å². The molecule has 0 radical (unpaired) electrons. The first-order valence-corrected chi connectivity index (χ1v) is 2.53. The second kappa shape index (κ2) is 5.65. The molecule has 0 amide bonds. The normalized spacial score (nSPS) is 11.3. The van der Waals surface area contributed by atoms with Crippen molar-refractivity contribution in [3.8, 4) is 0 Å². The Labute approximate surface area is 60.9 Å². The van der Waals surface area contributed by atoms with Crippen LogP contribution in [0.5, 0.6) is 0 Å². The van der Waals surface area contributed by atoms with Crippen molar-refractivity contribution in [3.63, 3.8) is 0 Å². The van der Waals surface area contributed by atoms with Crippen molar-refractivity contribution < 1.29 is 0 Å². The van der Waals surface area contributed by atoms with Crippen molar-refractivity contribution in [1.29, 1.82) is 5.41 Å². The topological polar surface area (TPSA) is 87.9 Å². The maximum atomic E-state index is 6.71. The molecule has 0 spiro atoms. The third-order valence-corrected chi connectivity index (χ3v) is 0.781. The predicted molar refractivity (Wildman–Crippen MR) is 40.6 cm³/mol. The lowest BCUT2D eigenvalue weighted by molar-refractivity contribution is 0.608. The number of nitrogens with one attached hydrogen (secondary N) is 2. The highest BCUT2D eigenvalue weighted by Crippen LogP contribution is 1.75. The molecule has 0 aromatic carbocycles. The van der Waals surface area contributed by atoms with Crippen molar-refractivity contribution in [2.75, 3.05) is 0 Å². The van der Waals surface area contributed by atoms with E-state index in [-0.39, 0.29) is 24.5 Å². The van der Waals surface area contributed by atoms with Gasteiger partial charge in [0.05, 0.1) is 6.17 Å². The molecule has 56 valence electrons. The van der Waals surface area contributed by atoms with Gasteiger partial charge in [-0.3, -0.25) is 5.41 Å². The number of guanidine groups is 1. The second-order valence-electron chi connectivity index (χ2n) is 1.57. The fourth-order valence-electron chi connectivity index (χ4n) is 0.302. The highest BCUT2D eigenvalue weighted by molar-refractivity contribution is 5.85. The van der Waals surface area contributed by atoms with Crippen LogP contribution < -0.4 is 16.8 Å². The van der Waals surface area contributed by atoms with E-state index in [2.05, 4.69) is 5.32 Å². The molecular formula is C4H13ClN4. The summed E-state index contributed by atoms with van der Waals surface area (Å²) in [7, 11) is 0. The van der Waals surface area contributed by atoms with Crippen LogP contribution in [0.3, 0.4) is 0 Å². The van der Waals surface area contributed by atoms with Crippen molar-refractivity contribution in [2.24, 2.45) is 11.5 Å². The molecule has 0 bridgehead atoms. The van der Waals surface area contributed by atoms with Crippen LogP contribution in [-0.2, 0) is 0 Å². The molecule has 0 saturated heterocycles. The highest BCUT2D eigenvalue weighted by atomic mass is 35.5. The molecule has 6 N–H and O–H groups in total. The molecule has 5 heteroatoms. The summed E-state index contributed by atoms with van der Waals surface area (Å²) < 4.78 is 0. The third-order valence-electron chi connectivity index (χ3n) is 0.781. The zero-order valence-corrected chi connectivity index (χ0v) is 6.16. The van der Waals surface area contributed by atoms with E-state index in [0.717, 1.165) is 6.42 Å². The van der Waals surface area contributed by atoms with Gasteiger partial charge in [-0.25, -0.2) is 0 Å². The Bertz CT molecular complexity index is 84.6. The smallest absolute Gasteiger partial charge is 0.186 e. The Morgan fingerprint density at radius 1 is 1.78 bits per heavy atom. The average molecular weight is 153 g/mol. The maximum Gasteiger partial charge on any atom is 0.186 e. The molecule has 0 aliphatic heterocycles. The Balaban J connectivity index is 0. The average Bonchev–Trinajstić information content (AvgIpc) is 1.65. The molecule has 0 aromatic rings. The number of nitrogens with two attached hydrogens (primary N) is 2. The minimum atomic E-state index is -0.174. The number of hydrogen-bond donors (Lipinski definition) is 4. The molecule has 0 heterocycles. The molecule has 0 aromatic heterocycles. The standard InChI is InChI=1S/C4H12N4.ClH/c1-2-3(5)8-4(6)7;/h3H,2,5H2,1H3,(H4,6,7,8);1H. The second-order valence-corrected chi connectivity index (χ2v) is 1.57. The summed E-state index contributed by atoms with van der Waals surface area (Å²) in [5.41, 5.74) is 10.3. The van der Waals surface area contributed by atoms with E-state index in [9.17, 15) is 0 Å². The predicted octanol–water partition coefficient (Wildman–Crippen LogP) is -0.414. The quantitative estimate of drug-likeness (QED) is 0.246. The van der Waals surface area contributed by atoms with Crippen LogP contribution in [0.25, 0.3) is 0 Å². The maximum absolute atomic E-state index is 6.71. The summed E-state index contributed by atoms with van der Waals surface area (Å²) in [6.07, 6.45) is 0.604. The molecule has 1 atom stereocenters. The van der Waals surface area contributed by atoms with E-state index < -0.39 is 0 Å². The van der Waals surface area contributed by atoms with Crippen molar-refractivity contribution in [3.05, 3.63) is 0 Å².